The topological polar surface area (TPSA) is 49.4 Å². The summed E-state index contributed by atoms with van der Waals surface area (Å²) in [7, 11) is 0. The zero-order valence-electron chi connectivity index (χ0n) is 15.2. The minimum Gasteiger partial charge on any atom is -0.302 e. The number of carbonyl (C=O) groups excluding carboxylic acids is 2. The summed E-state index contributed by atoms with van der Waals surface area (Å²) in [6, 6.07) is 28.7. The molecular formula is C24H20N2O2. The van der Waals surface area contributed by atoms with E-state index in [9.17, 15) is 9.59 Å². The lowest BCUT2D eigenvalue weighted by atomic mass is 9.84. The van der Waals surface area contributed by atoms with Gasteiger partial charge in [0.05, 0.1) is 17.5 Å². The Morgan fingerprint density at radius 1 is 0.571 bits per heavy atom. The second kappa shape index (κ2) is 6.73. The maximum absolute atomic E-state index is 13.4. The first-order valence-corrected chi connectivity index (χ1v) is 9.54. The van der Waals surface area contributed by atoms with Crippen molar-refractivity contribution in [1.29, 1.82) is 0 Å². The maximum Gasteiger partial charge on any atom is 0.239 e. The van der Waals surface area contributed by atoms with E-state index in [1.807, 2.05) is 91.0 Å². The highest BCUT2D eigenvalue weighted by molar-refractivity contribution is 6.22. The largest absolute Gasteiger partial charge is 0.302 e. The number of para-hydroxylation sites is 1. The monoisotopic (exact) mass is 368 g/mol. The molecule has 0 radical (unpaired) electrons. The fraction of sp³-hybridized carbons (Fsp3) is 0.167. The molecule has 0 unspecified atom stereocenters. The normalized spacial score (nSPS) is 26.5. The number of nitrogens with zero attached hydrogens (tertiary/aromatic N) is 1. The van der Waals surface area contributed by atoms with Gasteiger partial charge in [0.25, 0.3) is 0 Å². The molecule has 2 fully saturated rings. The number of hydrogen-bond donors (Lipinski definition) is 1. The SMILES string of the molecule is O=C1[C@@H]2[C@H](C(=O)N1c1ccccc1)[C@H](c1ccccc1)N[C@@H]2c1ccccc1. The van der Waals surface area contributed by atoms with Crippen LogP contribution in [-0.4, -0.2) is 11.8 Å². The van der Waals surface area contributed by atoms with Crippen LogP contribution < -0.4 is 10.2 Å². The Kier molecular flexibility index (Phi) is 4.06. The predicted molar refractivity (Wildman–Crippen MR) is 107 cm³/mol. The van der Waals surface area contributed by atoms with Crippen LogP contribution in [0.2, 0.25) is 0 Å². The van der Waals surface area contributed by atoms with Crippen LogP contribution in [0, 0.1) is 11.8 Å². The minimum atomic E-state index is -0.416. The van der Waals surface area contributed by atoms with Crippen molar-refractivity contribution in [3.63, 3.8) is 0 Å². The summed E-state index contributed by atoms with van der Waals surface area (Å²) in [4.78, 5) is 28.2. The fourth-order valence-electron chi connectivity index (χ4n) is 4.57. The Balaban J connectivity index is 1.61. The van der Waals surface area contributed by atoms with E-state index in [4.69, 9.17) is 0 Å². The third-order valence-electron chi connectivity index (χ3n) is 5.81. The lowest BCUT2D eigenvalue weighted by Crippen LogP contribution is -2.36. The van der Waals surface area contributed by atoms with Gasteiger partial charge in [-0.2, -0.15) is 0 Å². The van der Waals surface area contributed by atoms with Crippen molar-refractivity contribution in [2.45, 2.75) is 12.1 Å². The van der Waals surface area contributed by atoms with E-state index < -0.39 is 11.8 Å². The first-order valence-electron chi connectivity index (χ1n) is 9.54. The summed E-state index contributed by atoms with van der Waals surface area (Å²) in [5.74, 6) is -1.08. The van der Waals surface area contributed by atoms with Gasteiger partial charge in [0.1, 0.15) is 0 Å². The highest BCUT2D eigenvalue weighted by Crippen LogP contribution is 2.50. The highest BCUT2D eigenvalue weighted by atomic mass is 16.2. The van der Waals surface area contributed by atoms with Crippen LogP contribution in [0.25, 0.3) is 0 Å². The summed E-state index contributed by atoms with van der Waals surface area (Å²) < 4.78 is 0. The molecule has 2 aliphatic rings. The molecule has 2 amide bonds. The smallest absolute Gasteiger partial charge is 0.239 e. The number of amides is 2. The minimum absolute atomic E-state index is 0.124. The fourth-order valence-corrected chi connectivity index (χ4v) is 4.57. The lowest BCUT2D eigenvalue weighted by Gasteiger charge is -2.23. The Labute approximate surface area is 163 Å². The van der Waals surface area contributed by atoms with E-state index in [0.717, 1.165) is 11.1 Å². The quantitative estimate of drug-likeness (QED) is 0.714. The summed E-state index contributed by atoms with van der Waals surface area (Å²) in [6.45, 7) is 0. The molecule has 3 aromatic carbocycles. The van der Waals surface area contributed by atoms with Gasteiger partial charge >= 0.3 is 0 Å². The van der Waals surface area contributed by atoms with E-state index in [2.05, 4.69) is 5.32 Å². The number of benzene rings is 3. The Morgan fingerprint density at radius 3 is 1.39 bits per heavy atom. The molecule has 28 heavy (non-hydrogen) atoms. The molecule has 5 rings (SSSR count). The van der Waals surface area contributed by atoms with Crippen LogP contribution >= 0.6 is 0 Å². The number of fused-ring (bicyclic) bond motifs is 1. The first-order chi connectivity index (χ1) is 13.8. The predicted octanol–water partition coefficient (Wildman–Crippen LogP) is 3.88. The Hall–Kier alpha value is -3.24. The molecule has 138 valence electrons. The second-order valence-corrected chi connectivity index (χ2v) is 7.34. The molecule has 4 nitrogen and oxygen atoms in total. The van der Waals surface area contributed by atoms with Crippen molar-refractivity contribution in [3.8, 4) is 0 Å². The maximum atomic E-state index is 13.4. The van der Waals surface area contributed by atoms with Gasteiger partial charge in [-0.25, -0.2) is 4.90 Å². The van der Waals surface area contributed by atoms with Gasteiger partial charge < -0.3 is 5.32 Å². The van der Waals surface area contributed by atoms with Crippen LogP contribution in [0.15, 0.2) is 91.0 Å². The van der Waals surface area contributed by atoms with E-state index in [-0.39, 0.29) is 23.9 Å². The third-order valence-corrected chi connectivity index (χ3v) is 5.81. The number of nitrogens with one attached hydrogen (secondary N) is 1. The van der Waals surface area contributed by atoms with E-state index >= 15 is 0 Å². The average molecular weight is 368 g/mol. The van der Waals surface area contributed by atoms with Crippen molar-refractivity contribution < 1.29 is 9.59 Å². The van der Waals surface area contributed by atoms with Gasteiger partial charge in [-0.1, -0.05) is 78.9 Å². The molecule has 4 heteroatoms. The van der Waals surface area contributed by atoms with E-state index in [0.29, 0.717) is 5.69 Å². The molecule has 0 aromatic heterocycles. The molecular weight excluding hydrogens is 348 g/mol. The van der Waals surface area contributed by atoms with Crippen molar-refractivity contribution in [1.82, 2.24) is 5.32 Å². The summed E-state index contributed by atoms with van der Waals surface area (Å²) in [5.41, 5.74) is 2.71. The zero-order chi connectivity index (χ0) is 19.1. The molecule has 0 bridgehead atoms. The summed E-state index contributed by atoms with van der Waals surface area (Å²) >= 11 is 0. The van der Waals surface area contributed by atoms with Crippen molar-refractivity contribution in [2.75, 3.05) is 4.90 Å². The molecule has 0 saturated carbocycles. The van der Waals surface area contributed by atoms with Gasteiger partial charge in [0.15, 0.2) is 0 Å². The van der Waals surface area contributed by atoms with Crippen LogP contribution in [-0.2, 0) is 9.59 Å². The van der Waals surface area contributed by atoms with Crippen molar-refractivity contribution in [3.05, 3.63) is 102 Å². The van der Waals surface area contributed by atoms with Crippen LogP contribution in [0.4, 0.5) is 5.69 Å². The van der Waals surface area contributed by atoms with Crippen LogP contribution in [0.1, 0.15) is 23.2 Å². The van der Waals surface area contributed by atoms with E-state index in [1.54, 1.807) is 0 Å². The molecule has 0 spiro atoms. The number of carbonyl (C=O) groups is 2. The lowest BCUT2D eigenvalue weighted by molar-refractivity contribution is -0.123. The van der Waals surface area contributed by atoms with E-state index in [1.165, 1.54) is 4.90 Å². The van der Waals surface area contributed by atoms with Crippen molar-refractivity contribution in [2.24, 2.45) is 11.8 Å². The molecule has 2 saturated heterocycles. The van der Waals surface area contributed by atoms with Gasteiger partial charge in [-0.15, -0.1) is 0 Å². The van der Waals surface area contributed by atoms with Crippen LogP contribution in [0.5, 0.6) is 0 Å². The molecule has 0 aliphatic carbocycles. The van der Waals surface area contributed by atoms with Gasteiger partial charge in [0.2, 0.25) is 11.8 Å². The molecule has 2 heterocycles. The number of imide groups is 1. The molecule has 4 atom stereocenters. The summed E-state index contributed by atoms with van der Waals surface area (Å²) in [6.07, 6.45) is 0. The van der Waals surface area contributed by atoms with Crippen LogP contribution in [0.3, 0.4) is 0 Å². The van der Waals surface area contributed by atoms with Gasteiger partial charge in [0, 0.05) is 12.1 Å². The molecule has 2 aliphatic heterocycles. The molecule has 3 aromatic rings. The average Bonchev–Trinajstić information content (AvgIpc) is 3.27. The third kappa shape index (κ3) is 2.57. The van der Waals surface area contributed by atoms with Gasteiger partial charge in [-0.3, -0.25) is 9.59 Å². The number of rotatable bonds is 3. The summed E-state index contributed by atoms with van der Waals surface area (Å²) in [5, 5.41) is 3.59. The molecule has 1 N–H and O–H groups in total. The Bertz CT molecular complexity index is 941. The number of anilines is 1. The second-order valence-electron chi connectivity index (χ2n) is 7.34. The first kappa shape index (κ1) is 16.9. The van der Waals surface area contributed by atoms with Gasteiger partial charge in [-0.05, 0) is 23.3 Å². The highest BCUT2D eigenvalue weighted by Gasteiger charge is 2.59. The standard InChI is InChI=1S/C24H20N2O2/c27-23-19-20(24(28)26(23)18-14-8-3-9-15-18)22(17-12-6-2-7-13-17)25-21(19)16-10-4-1-5-11-16/h1-15,19-22,25H/t19-,20+,21-,22+. The van der Waals surface area contributed by atoms with Crippen molar-refractivity contribution >= 4 is 17.5 Å². The number of hydrogen-bond acceptors (Lipinski definition) is 3. The zero-order valence-corrected chi connectivity index (χ0v) is 15.2. The Morgan fingerprint density at radius 2 is 0.964 bits per heavy atom.